The van der Waals surface area contributed by atoms with E-state index < -0.39 is 17.5 Å². The number of H-pyrrole nitrogens is 1. The van der Waals surface area contributed by atoms with Crippen molar-refractivity contribution in [2.45, 2.75) is 6.04 Å². The molecular weight excluding hydrogens is 493 g/mol. The van der Waals surface area contributed by atoms with E-state index in [4.69, 9.17) is 20.6 Å². The smallest absolute Gasteiger partial charge is 0.350 e. The van der Waals surface area contributed by atoms with E-state index in [-0.39, 0.29) is 28.9 Å². The van der Waals surface area contributed by atoms with Crippen molar-refractivity contribution in [3.8, 4) is 17.4 Å². The Morgan fingerprint density at radius 1 is 1.21 bits per heavy atom. The lowest BCUT2D eigenvalue weighted by Crippen LogP contribution is -2.20. The molecule has 1 unspecified atom stereocenters. The number of halogens is 1. The molecule has 198 valence electrons. The van der Waals surface area contributed by atoms with E-state index in [0.717, 1.165) is 4.68 Å². The van der Waals surface area contributed by atoms with Gasteiger partial charge >= 0.3 is 5.69 Å². The number of amidine groups is 1. The van der Waals surface area contributed by atoms with Crippen LogP contribution in [-0.2, 0) is 0 Å². The van der Waals surface area contributed by atoms with Crippen LogP contribution < -0.4 is 26.2 Å². The summed E-state index contributed by atoms with van der Waals surface area (Å²) in [5.74, 6) is 0.0473. The number of nitrogen functional groups attached to an aromatic ring is 1. The van der Waals surface area contributed by atoms with Gasteiger partial charge in [0, 0.05) is 41.8 Å². The van der Waals surface area contributed by atoms with Crippen molar-refractivity contribution in [1.29, 1.82) is 5.41 Å². The van der Waals surface area contributed by atoms with Gasteiger partial charge in [0.2, 0.25) is 0 Å². The van der Waals surface area contributed by atoms with Gasteiger partial charge in [-0.05, 0) is 50.5 Å². The fourth-order valence-corrected chi connectivity index (χ4v) is 3.60. The van der Waals surface area contributed by atoms with Gasteiger partial charge in [-0.15, -0.1) is 9.78 Å². The quantitative estimate of drug-likeness (QED) is 0.171. The van der Waals surface area contributed by atoms with Crippen molar-refractivity contribution < 1.29 is 13.9 Å². The summed E-state index contributed by atoms with van der Waals surface area (Å²) in [6.07, 6.45) is 2.96. The van der Waals surface area contributed by atoms with Crippen molar-refractivity contribution >= 4 is 11.5 Å². The summed E-state index contributed by atoms with van der Waals surface area (Å²) in [4.78, 5) is 25.5. The highest BCUT2D eigenvalue weighted by Gasteiger charge is 2.26. The summed E-state index contributed by atoms with van der Waals surface area (Å²) in [5.41, 5.74) is 6.20. The van der Waals surface area contributed by atoms with Crippen LogP contribution in [0.4, 0.5) is 10.1 Å². The number of anilines is 1. The van der Waals surface area contributed by atoms with E-state index in [0.29, 0.717) is 30.2 Å². The molecule has 2 aromatic carbocycles. The molecule has 0 bridgehead atoms. The first-order valence-electron chi connectivity index (χ1n) is 11.6. The number of benzene rings is 2. The highest BCUT2D eigenvalue weighted by Crippen LogP contribution is 2.35. The Hall–Kier alpha value is -4.78. The molecule has 2 aromatic heterocycles. The minimum atomic E-state index is -0.958. The number of nitrogens with two attached hydrogens (primary N) is 1. The summed E-state index contributed by atoms with van der Waals surface area (Å²) in [6.45, 7) is 0.967. The molecule has 0 spiro atoms. The first-order valence-corrected chi connectivity index (χ1v) is 11.6. The predicted octanol–water partition coefficient (Wildman–Crippen LogP) is 1.92. The van der Waals surface area contributed by atoms with Gasteiger partial charge in [0.1, 0.15) is 24.3 Å². The zero-order valence-electron chi connectivity index (χ0n) is 21.1. The van der Waals surface area contributed by atoms with Gasteiger partial charge in [0.05, 0.1) is 7.11 Å². The highest BCUT2D eigenvalue weighted by atomic mass is 19.1. The minimum Gasteiger partial charge on any atom is -0.493 e. The molecule has 0 saturated carbocycles. The third-order valence-electron chi connectivity index (χ3n) is 5.55. The Kier molecular flexibility index (Phi) is 7.97. The molecule has 0 amide bonds. The molecule has 0 saturated heterocycles. The molecular formula is C25H28FN9O3. The molecule has 0 aliphatic rings. The van der Waals surface area contributed by atoms with Crippen LogP contribution in [0.15, 0.2) is 59.7 Å². The molecule has 0 fully saturated rings. The predicted molar refractivity (Wildman–Crippen MR) is 140 cm³/mol. The maximum atomic E-state index is 15.6. The first-order chi connectivity index (χ1) is 18.3. The monoisotopic (exact) mass is 521 g/mol. The Bertz CT molecular complexity index is 1450. The van der Waals surface area contributed by atoms with Crippen LogP contribution in [0.25, 0.3) is 5.95 Å². The second kappa shape index (κ2) is 11.5. The van der Waals surface area contributed by atoms with Crippen molar-refractivity contribution in [2.24, 2.45) is 5.73 Å². The number of nitrogens with zero attached hydrogens (tertiary/aromatic N) is 5. The number of ether oxygens (including phenoxy) is 2. The van der Waals surface area contributed by atoms with E-state index >= 15 is 4.39 Å². The standard InChI is InChI=1S/C25H28FN9O3/c1-34(2)11-12-38-20-14-18(26)17(13-19(20)37-3)21(31-16-7-5-15(6-8-16)22(27)28)23-32-25(36)35(33-23)24-29-9-4-10-30-24/h4-10,13-14,21,31H,11-12H2,1-3H3,(H3,27,28)(H,32,33,36). The van der Waals surface area contributed by atoms with Crippen LogP contribution in [-0.4, -0.2) is 69.8 Å². The van der Waals surface area contributed by atoms with Gasteiger partial charge in [-0.25, -0.2) is 19.2 Å². The lowest BCUT2D eigenvalue weighted by atomic mass is 10.0. The molecule has 13 heteroatoms. The molecule has 5 N–H and O–H groups in total. The molecule has 0 aliphatic carbocycles. The fraction of sp³-hybridized carbons (Fsp3) is 0.240. The van der Waals surface area contributed by atoms with Gasteiger partial charge < -0.3 is 25.4 Å². The van der Waals surface area contributed by atoms with E-state index in [1.165, 1.54) is 31.6 Å². The van der Waals surface area contributed by atoms with E-state index in [1.54, 1.807) is 30.3 Å². The SMILES string of the molecule is COc1cc(C(Nc2ccc(C(=N)N)cc2)c2nn(-c3ncccn3)c(=O)[nH]2)c(F)cc1OCCN(C)C. The normalized spacial score (nSPS) is 11.8. The topological polar surface area (TPSA) is 160 Å². The number of aromatic amines is 1. The fourth-order valence-electron chi connectivity index (χ4n) is 3.60. The molecule has 38 heavy (non-hydrogen) atoms. The largest absolute Gasteiger partial charge is 0.493 e. The van der Waals surface area contributed by atoms with Gasteiger partial charge in [-0.2, -0.15) is 0 Å². The van der Waals surface area contributed by atoms with Crippen molar-refractivity contribution in [1.82, 2.24) is 29.6 Å². The summed E-state index contributed by atoms with van der Waals surface area (Å²) in [6, 6.07) is 10.1. The van der Waals surface area contributed by atoms with Crippen molar-refractivity contribution in [3.63, 3.8) is 0 Å². The lowest BCUT2D eigenvalue weighted by Gasteiger charge is -2.21. The average molecular weight is 522 g/mol. The second-order valence-electron chi connectivity index (χ2n) is 8.52. The highest BCUT2D eigenvalue weighted by molar-refractivity contribution is 5.95. The van der Waals surface area contributed by atoms with Gasteiger partial charge in [0.15, 0.2) is 17.3 Å². The molecule has 0 radical (unpaired) electrons. The molecule has 0 aliphatic heterocycles. The van der Waals surface area contributed by atoms with Crippen LogP contribution in [0.1, 0.15) is 23.0 Å². The number of likely N-dealkylation sites (N-methyl/N-ethyl adjacent to an activating group) is 1. The van der Waals surface area contributed by atoms with Crippen molar-refractivity contribution in [3.05, 3.63) is 88.1 Å². The zero-order chi connectivity index (χ0) is 27.2. The van der Waals surface area contributed by atoms with Gasteiger partial charge in [-0.1, -0.05) is 0 Å². The number of methoxy groups -OCH3 is 1. The average Bonchev–Trinajstić information content (AvgIpc) is 3.29. The first kappa shape index (κ1) is 26.3. The van der Waals surface area contributed by atoms with E-state index in [1.807, 2.05) is 19.0 Å². The summed E-state index contributed by atoms with van der Waals surface area (Å²) >= 11 is 0. The van der Waals surface area contributed by atoms with Crippen LogP contribution in [0.3, 0.4) is 0 Å². The third kappa shape index (κ3) is 5.95. The van der Waals surface area contributed by atoms with E-state index in [2.05, 4.69) is 25.4 Å². The summed E-state index contributed by atoms with van der Waals surface area (Å²) in [5, 5.41) is 15.2. The van der Waals surface area contributed by atoms with E-state index in [9.17, 15) is 4.79 Å². The summed E-state index contributed by atoms with van der Waals surface area (Å²) in [7, 11) is 5.27. The third-order valence-corrected chi connectivity index (χ3v) is 5.55. The number of rotatable bonds is 11. The molecule has 4 rings (SSSR count). The molecule has 12 nitrogen and oxygen atoms in total. The number of aromatic nitrogens is 5. The second-order valence-corrected chi connectivity index (χ2v) is 8.52. The van der Waals surface area contributed by atoms with Crippen LogP contribution in [0, 0.1) is 11.2 Å². The molecule has 2 heterocycles. The van der Waals surface area contributed by atoms with Crippen LogP contribution in [0.2, 0.25) is 0 Å². The lowest BCUT2D eigenvalue weighted by molar-refractivity contribution is 0.249. The number of hydrogen-bond acceptors (Lipinski definition) is 9. The Morgan fingerprint density at radius 3 is 2.55 bits per heavy atom. The maximum absolute atomic E-state index is 15.6. The summed E-state index contributed by atoms with van der Waals surface area (Å²) < 4.78 is 27.8. The molecule has 4 aromatic rings. The Morgan fingerprint density at radius 2 is 1.92 bits per heavy atom. The van der Waals surface area contributed by atoms with Gasteiger partial charge in [0.25, 0.3) is 5.95 Å². The van der Waals surface area contributed by atoms with Crippen molar-refractivity contribution in [2.75, 3.05) is 39.7 Å². The minimum absolute atomic E-state index is 0.0623. The Labute approximate surface area is 217 Å². The maximum Gasteiger partial charge on any atom is 0.350 e. The van der Waals surface area contributed by atoms with Crippen LogP contribution in [0.5, 0.6) is 11.5 Å². The number of hydrogen-bond donors (Lipinski definition) is 4. The Balaban J connectivity index is 1.77. The zero-order valence-corrected chi connectivity index (χ0v) is 21.1. The molecule has 1 atom stereocenters. The van der Waals surface area contributed by atoms with Crippen LogP contribution >= 0.6 is 0 Å². The van der Waals surface area contributed by atoms with Gasteiger partial charge in [-0.3, -0.25) is 10.4 Å². The number of nitrogens with one attached hydrogen (secondary N) is 3.